The molecule has 1 rings (SSSR count). The van der Waals surface area contributed by atoms with Crippen LogP contribution in [-0.4, -0.2) is 34.8 Å². The van der Waals surface area contributed by atoms with E-state index >= 15 is 0 Å². The highest BCUT2D eigenvalue weighted by atomic mass is 32.2. The smallest absolute Gasteiger partial charge is 0.302 e. The third kappa shape index (κ3) is 1.52. The van der Waals surface area contributed by atoms with Crippen LogP contribution in [0.5, 0.6) is 0 Å². The lowest BCUT2D eigenvalue weighted by Crippen LogP contribution is -2.24. The van der Waals surface area contributed by atoms with Crippen molar-refractivity contribution in [3.63, 3.8) is 0 Å². The first-order chi connectivity index (χ1) is 6.25. The summed E-state index contributed by atoms with van der Waals surface area (Å²) in [5, 5.41) is 17.6. The Balaban J connectivity index is 3.49. The van der Waals surface area contributed by atoms with Gasteiger partial charge in [0.2, 0.25) is 11.6 Å². The van der Waals surface area contributed by atoms with E-state index in [1.165, 1.54) is 0 Å². The summed E-state index contributed by atoms with van der Waals surface area (Å²) in [7, 11) is -5.03. The number of allylic oxidation sites excluding steroid dienone is 2. The predicted molar refractivity (Wildman–Crippen MR) is 41.9 cm³/mol. The number of aliphatic hydroxyl groups excluding tert-OH is 2. The summed E-state index contributed by atoms with van der Waals surface area (Å²) in [6.07, 6.45) is 0.354. The highest BCUT2D eigenvalue weighted by Gasteiger charge is 2.36. The number of aliphatic hydroxyl groups is 2. The molecule has 0 radical (unpaired) electrons. The fourth-order valence-electron chi connectivity index (χ4n) is 0.833. The van der Waals surface area contributed by atoms with E-state index in [-0.39, 0.29) is 0 Å². The largest absolute Gasteiger partial charge is 0.504 e. The lowest BCUT2D eigenvalue weighted by molar-refractivity contribution is -0.118. The van der Waals surface area contributed by atoms with Crippen molar-refractivity contribution in [3.05, 3.63) is 22.5 Å². The Morgan fingerprint density at radius 2 is 1.64 bits per heavy atom. The third-order valence-electron chi connectivity index (χ3n) is 1.41. The molecule has 0 atom stereocenters. The maximum Gasteiger partial charge on any atom is 0.302 e. The zero-order chi connectivity index (χ0) is 11.1. The van der Waals surface area contributed by atoms with Gasteiger partial charge in [-0.2, -0.15) is 8.42 Å². The van der Waals surface area contributed by atoms with Crippen molar-refractivity contribution < 1.29 is 32.8 Å². The molecule has 0 aromatic carbocycles. The SMILES string of the molecule is O=C1C=C(O)C(=O)C(S(=O)(=O)O)=C1O. The molecule has 0 unspecified atom stereocenters. The molecule has 0 aliphatic heterocycles. The van der Waals surface area contributed by atoms with Gasteiger partial charge in [-0.25, -0.2) is 0 Å². The second-order valence-electron chi connectivity index (χ2n) is 2.38. The summed E-state index contributed by atoms with van der Waals surface area (Å²) in [6, 6.07) is 0. The standard InChI is InChI=1S/C6H4O7S/c7-2-1-3(8)5(10)6(4(2)9)14(11,12)13/h1,7,10H,(H,11,12,13). The van der Waals surface area contributed by atoms with Gasteiger partial charge >= 0.3 is 10.1 Å². The molecular formula is C6H4O7S. The quantitative estimate of drug-likeness (QED) is 0.391. The molecule has 0 saturated carbocycles. The summed E-state index contributed by atoms with van der Waals surface area (Å²) in [4.78, 5) is 20.1. The van der Waals surface area contributed by atoms with Crippen LogP contribution in [-0.2, 0) is 19.7 Å². The molecule has 0 amide bonds. The Bertz CT molecular complexity index is 478. The van der Waals surface area contributed by atoms with Gasteiger partial charge in [0.15, 0.2) is 16.4 Å². The maximum absolute atomic E-state index is 10.9. The van der Waals surface area contributed by atoms with Gasteiger partial charge in [-0.15, -0.1) is 0 Å². The van der Waals surface area contributed by atoms with Crippen molar-refractivity contribution in [1.82, 2.24) is 0 Å². The van der Waals surface area contributed by atoms with E-state index in [0.29, 0.717) is 6.08 Å². The summed E-state index contributed by atoms with van der Waals surface area (Å²) in [6.45, 7) is 0. The van der Waals surface area contributed by atoms with E-state index in [1.807, 2.05) is 0 Å². The first-order valence-corrected chi connectivity index (χ1v) is 4.59. The lowest BCUT2D eigenvalue weighted by atomic mass is 10.1. The fraction of sp³-hybridized carbons (Fsp3) is 0. The molecule has 0 aromatic rings. The van der Waals surface area contributed by atoms with Gasteiger partial charge in [0.05, 0.1) is 0 Å². The number of ketones is 2. The zero-order valence-electron chi connectivity index (χ0n) is 6.46. The van der Waals surface area contributed by atoms with Gasteiger partial charge in [-0.3, -0.25) is 14.1 Å². The summed E-state index contributed by atoms with van der Waals surface area (Å²) < 4.78 is 29.5. The maximum atomic E-state index is 10.9. The van der Waals surface area contributed by atoms with Crippen molar-refractivity contribution in [1.29, 1.82) is 0 Å². The minimum Gasteiger partial charge on any atom is -0.504 e. The molecule has 8 heteroatoms. The minimum absolute atomic E-state index is 0.354. The molecule has 0 saturated heterocycles. The second-order valence-corrected chi connectivity index (χ2v) is 3.73. The molecule has 0 fully saturated rings. The van der Waals surface area contributed by atoms with Crippen LogP contribution in [0.15, 0.2) is 22.5 Å². The van der Waals surface area contributed by atoms with E-state index in [1.54, 1.807) is 0 Å². The van der Waals surface area contributed by atoms with Crippen LogP contribution in [0.25, 0.3) is 0 Å². The van der Waals surface area contributed by atoms with Gasteiger partial charge in [-0.1, -0.05) is 0 Å². The van der Waals surface area contributed by atoms with Crippen molar-refractivity contribution in [2.45, 2.75) is 0 Å². The number of Topliss-reactive ketones (excluding diaryl/α,β-unsaturated/α-hetero) is 1. The first kappa shape index (κ1) is 10.4. The van der Waals surface area contributed by atoms with Gasteiger partial charge in [0.1, 0.15) is 0 Å². The summed E-state index contributed by atoms with van der Waals surface area (Å²) in [5.74, 6) is -5.35. The normalized spacial score (nSPS) is 18.5. The Labute approximate surface area is 77.7 Å². The predicted octanol–water partition coefficient (Wildman–Crippen LogP) is -0.762. The van der Waals surface area contributed by atoms with Crippen molar-refractivity contribution >= 4 is 21.7 Å². The molecule has 14 heavy (non-hydrogen) atoms. The average Bonchev–Trinajstić information content (AvgIpc) is 1.98. The van der Waals surface area contributed by atoms with Gasteiger partial charge in [-0.05, 0) is 0 Å². The Kier molecular flexibility index (Phi) is 2.18. The van der Waals surface area contributed by atoms with Crippen LogP contribution >= 0.6 is 0 Å². The minimum atomic E-state index is -5.03. The van der Waals surface area contributed by atoms with Crippen molar-refractivity contribution in [2.24, 2.45) is 0 Å². The molecule has 1 aliphatic carbocycles. The Morgan fingerprint density at radius 3 is 2.07 bits per heavy atom. The van der Waals surface area contributed by atoms with Gasteiger partial charge in [0, 0.05) is 6.08 Å². The molecule has 3 N–H and O–H groups in total. The van der Waals surface area contributed by atoms with E-state index in [9.17, 15) is 18.0 Å². The van der Waals surface area contributed by atoms with Crippen LogP contribution in [0.1, 0.15) is 0 Å². The summed E-state index contributed by atoms with van der Waals surface area (Å²) in [5.41, 5.74) is 0. The molecule has 7 nitrogen and oxygen atoms in total. The Morgan fingerprint density at radius 1 is 1.14 bits per heavy atom. The molecule has 0 bridgehead atoms. The number of hydrogen-bond acceptors (Lipinski definition) is 6. The van der Waals surface area contributed by atoms with E-state index in [2.05, 4.69) is 0 Å². The fourth-order valence-corrected chi connectivity index (χ4v) is 1.52. The molecule has 1 aliphatic rings. The van der Waals surface area contributed by atoms with Crippen LogP contribution in [0.2, 0.25) is 0 Å². The van der Waals surface area contributed by atoms with Gasteiger partial charge in [0.25, 0.3) is 0 Å². The molecular weight excluding hydrogens is 216 g/mol. The van der Waals surface area contributed by atoms with Crippen LogP contribution < -0.4 is 0 Å². The lowest BCUT2D eigenvalue weighted by Gasteiger charge is -2.08. The highest BCUT2D eigenvalue weighted by molar-refractivity contribution is 7.91. The topological polar surface area (TPSA) is 129 Å². The van der Waals surface area contributed by atoms with E-state index in [4.69, 9.17) is 14.8 Å². The second kappa shape index (κ2) is 2.93. The van der Waals surface area contributed by atoms with Crippen molar-refractivity contribution in [2.75, 3.05) is 0 Å². The molecule has 0 spiro atoms. The van der Waals surface area contributed by atoms with Crippen molar-refractivity contribution in [3.8, 4) is 0 Å². The van der Waals surface area contributed by atoms with Crippen LogP contribution in [0, 0.1) is 0 Å². The number of hydrogen-bond donors (Lipinski definition) is 3. The number of rotatable bonds is 1. The molecule has 0 heterocycles. The summed E-state index contributed by atoms with van der Waals surface area (Å²) >= 11 is 0. The number of carbonyl (C=O) groups is 2. The van der Waals surface area contributed by atoms with Gasteiger partial charge < -0.3 is 10.2 Å². The van der Waals surface area contributed by atoms with Crippen LogP contribution in [0.4, 0.5) is 0 Å². The first-order valence-electron chi connectivity index (χ1n) is 3.15. The molecule has 0 aromatic heterocycles. The average molecular weight is 220 g/mol. The monoisotopic (exact) mass is 220 g/mol. The third-order valence-corrected chi connectivity index (χ3v) is 2.31. The van der Waals surface area contributed by atoms with Crippen LogP contribution in [0.3, 0.4) is 0 Å². The van der Waals surface area contributed by atoms with E-state index in [0.717, 1.165) is 0 Å². The zero-order valence-corrected chi connectivity index (χ0v) is 7.28. The number of carbonyl (C=O) groups excluding carboxylic acids is 2. The van der Waals surface area contributed by atoms with E-state index < -0.39 is 38.1 Å². The highest BCUT2D eigenvalue weighted by Crippen LogP contribution is 2.20. The Hall–Kier alpha value is -1.67. The molecule has 76 valence electrons.